The molecule has 10 heteroatoms. The zero-order valence-electron chi connectivity index (χ0n) is 14.7. The van der Waals surface area contributed by atoms with Crippen molar-refractivity contribution in [2.24, 2.45) is 0 Å². The van der Waals surface area contributed by atoms with Crippen LogP contribution in [-0.2, 0) is 10.0 Å². The summed E-state index contributed by atoms with van der Waals surface area (Å²) in [5.74, 6) is 0.916. The molecule has 1 saturated heterocycles. The van der Waals surface area contributed by atoms with Crippen LogP contribution in [0.15, 0.2) is 44.6 Å². The van der Waals surface area contributed by atoms with Crippen molar-refractivity contribution in [2.45, 2.75) is 30.6 Å². The number of aryl methyl sites for hydroxylation is 1. The average molecular weight is 389 g/mol. The maximum Gasteiger partial charge on any atom is 0.340 e. The van der Waals surface area contributed by atoms with Gasteiger partial charge in [0, 0.05) is 31.5 Å². The van der Waals surface area contributed by atoms with Gasteiger partial charge >= 0.3 is 5.69 Å². The van der Waals surface area contributed by atoms with Gasteiger partial charge in [0.15, 0.2) is 5.89 Å². The molecule has 0 saturated carbocycles. The summed E-state index contributed by atoms with van der Waals surface area (Å²) in [4.78, 5) is 18.4. The molecule has 0 aliphatic carbocycles. The molecule has 27 heavy (non-hydrogen) atoms. The largest absolute Gasteiger partial charge is 0.449 e. The number of hydrogen-bond acceptors (Lipinski definition) is 6. The maximum atomic E-state index is 13.0. The summed E-state index contributed by atoms with van der Waals surface area (Å²) in [7, 11) is -3.63. The van der Waals surface area contributed by atoms with Gasteiger partial charge < -0.3 is 4.42 Å². The number of H-pyrrole nitrogens is 2. The third-order valence-corrected chi connectivity index (χ3v) is 6.58. The van der Waals surface area contributed by atoms with Crippen LogP contribution in [0.3, 0.4) is 0 Å². The Bertz CT molecular complexity index is 1100. The summed E-state index contributed by atoms with van der Waals surface area (Å²) in [6, 6.07) is 6.59. The number of nitrogens with zero attached hydrogens (tertiary/aromatic N) is 3. The van der Waals surface area contributed by atoms with Crippen molar-refractivity contribution < 1.29 is 12.8 Å². The number of hydrogen-bond donors (Lipinski definition) is 2. The van der Waals surface area contributed by atoms with E-state index >= 15 is 0 Å². The third-order valence-electron chi connectivity index (χ3n) is 4.70. The first-order valence-corrected chi connectivity index (χ1v) is 10.0. The predicted molar refractivity (Wildman–Crippen MR) is 96.6 cm³/mol. The molecule has 0 spiro atoms. The smallest absolute Gasteiger partial charge is 0.340 e. The lowest BCUT2D eigenvalue weighted by atomic mass is 9.99. The summed E-state index contributed by atoms with van der Waals surface area (Å²) in [6.07, 6.45) is 3.02. The van der Waals surface area contributed by atoms with Crippen LogP contribution in [0.25, 0.3) is 11.3 Å². The molecule has 2 aromatic heterocycles. The van der Waals surface area contributed by atoms with Gasteiger partial charge in [-0.15, -0.1) is 0 Å². The van der Waals surface area contributed by atoms with Crippen LogP contribution in [0.2, 0.25) is 0 Å². The van der Waals surface area contributed by atoms with Crippen molar-refractivity contribution in [1.29, 1.82) is 0 Å². The Morgan fingerprint density at radius 2 is 2.04 bits per heavy atom. The van der Waals surface area contributed by atoms with E-state index in [1.54, 1.807) is 37.5 Å². The number of oxazole rings is 1. The molecular formula is C17H19N5O4S. The molecule has 1 fully saturated rings. The fraction of sp³-hybridized carbons (Fsp3) is 0.353. The van der Waals surface area contributed by atoms with E-state index in [-0.39, 0.29) is 23.0 Å². The monoisotopic (exact) mass is 389 g/mol. The molecule has 0 amide bonds. The fourth-order valence-corrected chi connectivity index (χ4v) is 4.83. The van der Waals surface area contributed by atoms with Gasteiger partial charge in [0.05, 0.1) is 4.90 Å². The molecule has 1 aromatic carbocycles. The second-order valence-electron chi connectivity index (χ2n) is 6.54. The Hall–Kier alpha value is -2.72. The Morgan fingerprint density at radius 1 is 1.26 bits per heavy atom. The lowest BCUT2D eigenvalue weighted by molar-refractivity contribution is 0.309. The third kappa shape index (κ3) is 3.45. The first kappa shape index (κ1) is 17.7. The van der Waals surface area contributed by atoms with Gasteiger partial charge in [0.2, 0.25) is 10.0 Å². The van der Waals surface area contributed by atoms with Crippen molar-refractivity contribution in [3.05, 3.63) is 52.7 Å². The second kappa shape index (κ2) is 6.78. The summed E-state index contributed by atoms with van der Waals surface area (Å²) >= 11 is 0. The Balaban J connectivity index is 1.56. The van der Waals surface area contributed by atoms with Crippen LogP contribution < -0.4 is 5.69 Å². The molecule has 142 valence electrons. The predicted octanol–water partition coefficient (Wildman–Crippen LogP) is 1.63. The van der Waals surface area contributed by atoms with E-state index in [1.165, 1.54) is 4.31 Å². The lowest BCUT2D eigenvalue weighted by Gasteiger charge is -2.30. The van der Waals surface area contributed by atoms with Gasteiger partial charge in [-0.1, -0.05) is 12.1 Å². The van der Waals surface area contributed by atoms with E-state index in [0.29, 0.717) is 30.4 Å². The van der Waals surface area contributed by atoms with Crippen molar-refractivity contribution in [3.63, 3.8) is 0 Å². The van der Waals surface area contributed by atoms with E-state index < -0.39 is 10.0 Å². The van der Waals surface area contributed by atoms with Gasteiger partial charge in [-0.2, -0.15) is 9.40 Å². The molecule has 1 unspecified atom stereocenters. The van der Waals surface area contributed by atoms with Gasteiger partial charge in [-0.25, -0.2) is 23.3 Å². The summed E-state index contributed by atoms with van der Waals surface area (Å²) < 4.78 is 32.7. The average Bonchev–Trinajstić information content (AvgIpc) is 3.30. The maximum absolute atomic E-state index is 13.0. The molecule has 9 nitrogen and oxygen atoms in total. The topological polar surface area (TPSA) is 125 Å². The van der Waals surface area contributed by atoms with Crippen LogP contribution in [0.1, 0.15) is 30.5 Å². The van der Waals surface area contributed by atoms with E-state index in [2.05, 4.69) is 20.2 Å². The van der Waals surface area contributed by atoms with Crippen molar-refractivity contribution in [2.75, 3.05) is 13.1 Å². The minimum atomic E-state index is -3.63. The molecule has 3 aromatic rings. The van der Waals surface area contributed by atoms with Crippen LogP contribution in [0.5, 0.6) is 0 Å². The summed E-state index contributed by atoms with van der Waals surface area (Å²) in [5, 5.41) is 6.28. The highest BCUT2D eigenvalue weighted by Gasteiger charge is 2.32. The Labute approximate surface area is 155 Å². The highest BCUT2D eigenvalue weighted by atomic mass is 32.2. The number of piperidine rings is 1. The minimum Gasteiger partial charge on any atom is -0.449 e. The summed E-state index contributed by atoms with van der Waals surface area (Å²) in [5.41, 5.74) is 1.07. The van der Waals surface area contributed by atoms with Crippen molar-refractivity contribution in [1.82, 2.24) is 24.5 Å². The zero-order chi connectivity index (χ0) is 19.0. The molecule has 0 bridgehead atoms. The Kier molecular flexibility index (Phi) is 4.44. The first-order chi connectivity index (χ1) is 12.9. The molecule has 1 aliphatic heterocycles. The van der Waals surface area contributed by atoms with Crippen LogP contribution in [0.4, 0.5) is 0 Å². The molecule has 1 atom stereocenters. The molecule has 4 rings (SSSR count). The first-order valence-electron chi connectivity index (χ1n) is 8.61. The fourth-order valence-electron chi connectivity index (χ4n) is 3.30. The number of sulfonamides is 1. The highest BCUT2D eigenvalue weighted by molar-refractivity contribution is 7.89. The second-order valence-corrected chi connectivity index (χ2v) is 8.48. The van der Waals surface area contributed by atoms with Crippen molar-refractivity contribution >= 4 is 10.0 Å². The van der Waals surface area contributed by atoms with Gasteiger partial charge in [-0.05, 0) is 25.0 Å². The molecule has 3 heterocycles. The normalized spacial score (nSPS) is 18.6. The number of benzene rings is 1. The van der Waals surface area contributed by atoms with Gasteiger partial charge in [0.25, 0.3) is 0 Å². The zero-order valence-corrected chi connectivity index (χ0v) is 15.5. The van der Waals surface area contributed by atoms with Crippen molar-refractivity contribution in [3.8, 4) is 11.3 Å². The number of rotatable bonds is 4. The molecule has 1 aliphatic rings. The number of nitrogens with one attached hydrogen (secondary N) is 2. The van der Waals surface area contributed by atoms with Crippen LogP contribution >= 0.6 is 0 Å². The quantitative estimate of drug-likeness (QED) is 0.699. The van der Waals surface area contributed by atoms with Gasteiger partial charge in [0.1, 0.15) is 17.8 Å². The number of aromatic amines is 2. The Morgan fingerprint density at radius 3 is 2.67 bits per heavy atom. The van der Waals surface area contributed by atoms with E-state index in [9.17, 15) is 13.2 Å². The molecule has 0 radical (unpaired) electrons. The standard InChI is InChI=1S/C17H19N5O4S/c1-11-18-15(10-26-11)12-4-6-14(7-5-12)27(24,25)22-8-2-3-13(9-22)16-19-17(23)21-20-16/h4-7,10,13H,2-3,8-9H2,1H3,(H2,19,20,21,23). The minimum absolute atomic E-state index is 0.134. The summed E-state index contributed by atoms with van der Waals surface area (Å²) in [6.45, 7) is 2.48. The van der Waals surface area contributed by atoms with E-state index in [0.717, 1.165) is 12.0 Å². The van der Waals surface area contributed by atoms with Gasteiger partial charge in [-0.3, -0.25) is 4.98 Å². The van der Waals surface area contributed by atoms with Crippen LogP contribution in [0, 0.1) is 6.92 Å². The highest BCUT2D eigenvalue weighted by Crippen LogP contribution is 2.29. The SMILES string of the molecule is Cc1nc(-c2ccc(S(=O)(=O)N3CCCC(c4n[nH]c(=O)[nH]4)C3)cc2)co1. The van der Waals surface area contributed by atoms with E-state index in [1.807, 2.05) is 0 Å². The number of aromatic nitrogens is 4. The van der Waals surface area contributed by atoms with E-state index in [4.69, 9.17) is 4.42 Å². The molecular weight excluding hydrogens is 370 g/mol. The molecule has 2 N–H and O–H groups in total. The van der Waals surface area contributed by atoms with Crippen LogP contribution in [-0.4, -0.2) is 46.0 Å². The lowest BCUT2D eigenvalue weighted by Crippen LogP contribution is -2.39.